The zero-order valence-electron chi connectivity index (χ0n) is 22.2. The fraction of sp³-hybridized carbons (Fsp3) is 0.267. The Morgan fingerprint density at radius 2 is 2.05 bits per heavy atom. The number of amides is 1. The van der Waals surface area contributed by atoms with Crippen LogP contribution in [0.5, 0.6) is 0 Å². The number of hydrogen-bond acceptors (Lipinski definition) is 6. The highest BCUT2D eigenvalue weighted by molar-refractivity contribution is 6.08. The predicted octanol–water partition coefficient (Wildman–Crippen LogP) is 5.58. The average molecular weight is 537 g/mol. The summed E-state index contributed by atoms with van der Waals surface area (Å²) in [5.74, 6) is 0.775. The van der Waals surface area contributed by atoms with Gasteiger partial charge in [-0.1, -0.05) is 18.7 Å². The van der Waals surface area contributed by atoms with E-state index in [4.69, 9.17) is 0 Å². The minimum Gasteiger partial charge on any atom is -0.310 e. The largest absolute Gasteiger partial charge is 0.310 e. The van der Waals surface area contributed by atoms with Crippen LogP contribution in [0.15, 0.2) is 79.3 Å². The second-order valence-corrected chi connectivity index (χ2v) is 10.1. The highest BCUT2D eigenvalue weighted by Crippen LogP contribution is 2.39. The third-order valence-corrected chi connectivity index (χ3v) is 7.25. The van der Waals surface area contributed by atoms with E-state index >= 15 is 0 Å². The molecule has 0 bridgehead atoms. The summed E-state index contributed by atoms with van der Waals surface area (Å²) in [6.07, 6.45) is 13.8. The van der Waals surface area contributed by atoms with Crippen molar-refractivity contribution in [1.29, 1.82) is 0 Å². The lowest BCUT2D eigenvalue weighted by molar-refractivity contribution is -0.112. The first kappa shape index (κ1) is 25.5. The number of pyridine rings is 2. The van der Waals surface area contributed by atoms with Crippen molar-refractivity contribution in [3.05, 3.63) is 96.4 Å². The highest BCUT2D eigenvalue weighted by Gasteiger charge is 2.26. The van der Waals surface area contributed by atoms with E-state index in [1.807, 2.05) is 35.9 Å². The molecule has 10 heteroatoms. The van der Waals surface area contributed by atoms with Gasteiger partial charge in [-0.3, -0.25) is 9.78 Å². The van der Waals surface area contributed by atoms with Crippen molar-refractivity contribution < 1.29 is 9.18 Å². The monoisotopic (exact) mass is 536 g/mol. The molecule has 0 aromatic carbocycles. The molecule has 6 rings (SSSR count). The van der Waals surface area contributed by atoms with Crippen molar-refractivity contribution in [2.24, 2.45) is 0 Å². The van der Waals surface area contributed by atoms with Gasteiger partial charge in [0.05, 0.1) is 23.3 Å². The molecular weight excluding hydrogens is 507 g/mol. The Kier molecular flexibility index (Phi) is 6.90. The smallest absolute Gasteiger partial charge is 0.259 e. The second-order valence-electron chi connectivity index (χ2n) is 10.1. The molecule has 1 saturated carbocycles. The van der Waals surface area contributed by atoms with E-state index in [-0.39, 0.29) is 11.4 Å². The Balaban J connectivity index is 1.34. The molecule has 2 aliphatic rings. The third-order valence-electron chi connectivity index (χ3n) is 7.25. The lowest BCUT2D eigenvalue weighted by Crippen LogP contribution is -2.17. The summed E-state index contributed by atoms with van der Waals surface area (Å²) in [6, 6.07) is 9.00. The van der Waals surface area contributed by atoms with Crippen molar-refractivity contribution in [2.75, 3.05) is 5.32 Å². The molecule has 5 heterocycles. The minimum absolute atomic E-state index is 0.216. The number of rotatable bonds is 8. The summed E-state index contributed by atoms with van der Waals surface area (Å²) in [5, 5.41) is 11.4. The standard InChI is InChI=1S/C30H29FN8O/c1-19(22-7-6-13-32-16-22)26(38-17-25(33-18-38)21-11-12-21)15-23(20(2)31)30(40)35-27-9-5-8-24(34-27)29-37-36-28-10-3-4-14-39(28)29/h5-9,13,15-18,21H,2-4,10-12,14H2,1H3,(H,34,35,40)/b23-15+,26-19-. The molecule has 1 amide bonds. The molecule has 1 aliphatic heterocycles. The fourth-order valence-corrected chi connectivity index (χ4v) is 4.88. The zero-order valence-corrected chi connectivity index (χ0v) is 22.2. The van der Waals surface area contributed by atoms with Crippen molar-refractivity contribution in [2.45, 2.75) is 51.5 Å². The van der Waals surface area contributed by atoms with E-state index < -0.39 is 11.7 Å². The summed E-state index contributed by atoms with van der Waals surface area (Å²) >= 11 is 0. The van der Waals surface area contributed by atoms with Crippen molar-refractivity contribution in [3.8, 4) is 11.5 Å². The molecule has 0 saturated heterocycles. The molecule has 4 aromatic rings. The Hall–Kier alpha value is -4.73. The number of halogens is 1. The number of fused-ring (bicyclic) bond motifs is 1. The van der Waals surface area contributed by atoms with E-state index in [0.717, 1.165) is 61.3 Å². The molecule has 9 nitrogen and oxygen atoms in total. The Bertz CT molecular complexity index is 1640. The number of allylic oxidation sites excluding steroid dienone is 3. The molecule has 1 aliphatic carbocycles. The number of imidazole rings is 1. The minimum atomic E-state index is -0.862. The first-order valence-electron chi connectivity index (χ1n) is 13.4. The van der Waals surface area contributed by atoms with Gasteiger partial charge in [0.2, 0.25) is 0 Å². The van der Waals surface area contributed by atoms with E-state index in [0.29, 0.717) is 23.1 Å². The maximum absolute atomic E-state index is 14.9. The van der Waals surface area contributed by atoms with Gasteiger partial charge in [-0.2, -0.15) is 0 Å². The van der Waals surface area contributed by atoms with Crippen LogP contribution in [-0.2, 0) is 17.8 Å². The number of nitrogens with one attached hydrogen (secondary N) is 1. The highest BCUT2D eigenvalue weighted by atomic mass is 19.1. The van der Waals surface area contributed by atoms with Crippen LogP contribution >= 0.6 is 0 Å². The van der Waals surface area contributed by atoms with Gasteiger partial charge >= 0.3 is 0 Å². The molecule has 40 heavy (non-hydrogen) atoms. The van der Waals surface area contributed by atoms with Gasteiger partial charge in [-0.15, -0.1) is 10.2 Å². The lowest BCUT2D eigenvalue weighted by Gasteiger charge is -2.15. The van der Waals surface area contributed by atoms with Gasteiger partial charge in [0, 0.05) is 37.5 Å². The van der Waals surface area contributed by atoms with Crippen molar-refractivity contribution in [3.63, 3.8) is 0 Å². The molecule has 202 valence electrons. The van der Waals surface area contributed by atoms with Crippen LogP contribution in [-0.4, -0.2) is 40.2 Å². The number of aromatic nitrogens is 7. The molecule has 0 radical (unpaired) electrons. The molecular formula is C30H29FN8O. The van der Waals surface area contributed by atoms with Gasteiger partial charge in [0.15, 0.2) is 5.82 Å². The van der Waals surface area contributed by atoms with E-state index in [9.17, 15) is 9.18 Å². The van der Waals surface area contributed by atoms with E-state index in [1.165, 1.54) is 6.08 Å². The maximum atomic E-state index is 14.9. The lowest BCUT2D eigenvalue weighted by atomic mass is 10.0. The Labute approximate surface area is 231 Å². The summed E-state index contributed by atoms with van der Waals surface area (Å²) in [4.78, 5) is 26.8. The number of carbonyl (C=O) groups is 1. The van der Waals surface area contributed by atoms with Crippen LogP contribution in [0.1, 0.15) is 55.6 Å². The van der Waals surface area contributed by atoms with Gasteiger partial charge in [-0.05, 0) is 68.0 Å². The van der Waals surface area contributed by atoms with Crippen LogP contribution in [0.25, 0.3) is 22.8 Å². The summed E-state index contributed by atoms with van der Waals surface area (Å²) in [7, 11) is 0. The first-order valence-corrected chi connectivity index (χ1v) is 13.4. The number of anilines is 1. The predicted molar refractivity (Wildman–Crippen MR) is 150 cm³/mol. The normalized spacial score (nSPS) is 15.8. The fourth-order valence-electron chi connectivity index (χ4n) is 4.88. The van der Waals surface area contributed by atoms with Crippen LogP contribution in [0.4, 0.5) is 10.2 Å². The molecule has 1 fully saturated rings. The van der Waals surface area contributed by atoms with E-state index in [1.54, 1.807) is 30.9 Å². The first-order chi connectivity index (χ1) is 19.5. The van der Waals surface area contributed by atoms with Crippen molar-refractivity contribution in [1.82, 2.24) is 34.3 Å². The zero-order chi connectivity index (χ0) is 27.6. The summed E-state index contributed by atoms with van der Waals surface area (Å²) < 4.78 is 18.8. The number of carbonyl (C=O) groups excluding carboxylic acids is 1. The van der Waals surface area contributed by atoms with Crippen LogP contribution in [0.3, 0.4) is 0 Å². The quantitative estimate of drug-likeness (QED) is 0.233. The average Bonchev–Trinajstić information content (AvgIpc) is 3.54. The van der Waals surface area contributed by atoms with Gasteiger partial charge in [-0.25, -0.2) is 14.4 Å². The van der Waals surface area contributed by atoms with Gasteiger partial charge in [0.1, 0.15) is 23.2 Å². The third kappa shape index (κ3) is 5.25. The topological polar surface area (TPSA) is 103 Å². The van der Waals surface area contributed by atoms with Gasteiger partial charge in [0.25, 0.3) is 5.91 Å². The maximum Gasteiger partial charge on any atom is 0.259 e. The Morgan fingerprint density at radius 3 is 2.83 bits per heavy atom. The number of nitrogens with zero attached hydrogens (tertiary/aromatic N) is 7. The molecule has 4 aromatic heterocycles. The van der Waals surface area contributed by atoms with Crippen LogP contribution in [0, 0.1) is 0 Å². The molecule has 1 N–H and O–H groups in total. The van der Waals surface area contributed by atoms with E-state index in [2.05, 4.69) is 41.6 Å². The van der Waals surface area contributed by atoms with Crippen LogP contribution < -0.4 is 5.32 Å². The number of aryl methyl sites for hydroxylation is 1. The second kappa shape index (κ2) is 10.8. The van der Waals surface area contributed by atoms with Gasteiger partial charge < -0.3 is 14.5 Å². The van der Waals surface area contributed by atoms with Crippen LogP contribution in [0.2, 0.25) is 0 Å². The number of hydrogen-bond donors (Lipinski definition) is 1. The summed E-state index contributed by atoms with van der Waals surface area (Å²) in [6.45, 7) is 6.18. The SMILES string of the molecule is C=C(F)/C(=C\C(=C(/C)c1cccnc1)n1cnc(C2CC2)c1)C(=O)Nc1cccc(-c2nnc3n2CCCC3)n1. The molecule has 0 unspecified atom stereocenters. The molecule has 0 spiro atoms. The Morgan fingerprint density at radius 1 is 1.18 bits per heavy atom. The van der Waals surface area contributed by atoms with Crippen molar-refractivity contribution >= 4 is 23.0 Å². The summed E-state index contributed by atoms with van der Waals surface area (Å²) in [5.41, 5.74) is 3.58. The molecule has 0 atom stereocenters.